The molecule has 0 bridgehead atoms. The van der Waals surface area contributed by atoms with Gasteiger partial charge in [-0.1, -0.05) is 13.8 Å². The number of halogens is 1. The van der Waals surface area contributed by atoms with E-state index in [1.165, 1.54) is 6.33 Å². The first kappa shape index (κ1) is 26.1. The molecule has 2 aliphatic rings. The molecule has 0 saturated carbocycles. The predicted molar refractivity (Wildman–Crippen MR) is 126 cm³/mol. The second-order valence-electron chi connectivity index (χ2n) is 8.96. The molecule has 4 rings (SSSR count). The van der Waals surface area contributed by atoms with E-state index < -0.39 is 37.1 Å². The molecule has 2 aromatic heterocycles. The Bertz CT molecular complexity index is 1140. The summed E-state index contributed by atoms with van der Waals surface area (Å²) in [6, 6.07) is -0.492. The fourth-order valence-corrected chi connectivity index (χ4v) is 6.14. The number of nitrogens with two attached hydrogens (primary N) is 1. The molecule has 2 saturated heterocycles. The van der Waals surface area contributed by atoms with Gasteiger partial charge in [0.15, 0.2) is 17.4 Å². The van der Waals surface area contributed by atoms with Gasteiger partial charge in [-0.25, -0.2) is 14.6 Å². The van der Waals surface area contributed by atoms with Crippen molar-refractivity contribution in [3.8, 4) is 5.88 Å². The number of alkyl halides is 1. The zero-order valence-corrected chi connectivity index (χ0v) is 21.8. The fourth-order valence-electron chi connectivity index (χ4n) is 3.92. The lowest BCUT2D eigenvalue weighted by atomic mass is 10.0. The number of hydrogen-bond acceptors (Lipinski definition) is 11. The Morgan fingerprint density at radius 2 is 2.17 bits per heavy atom. The maximum atomic E-state index is 13.3. The minimum atomic E-state index is -3.78. The topological polar surface area (TPSA) is 162 Å². The number of esters is 1. The van der Waals surface area contributed by atoms with Gasteiger partial charge in [0, 0.05) is 6.04 Å². The van der Waals surface area contributed by atoms with Gasteiger partial charge in [-0.3, -0.25) is 18.4 Å². The Hall–Kier alpha value is -2.02. The monoisotopic (exact) mass is 532 g/mol. The van der Waals surface area contributed by atoms with E-state index in [1.54, 1.807) is 32.3 Å². The van der Waals surface area contributed by atoms with E-state index in [0.717, 1.165) is 0 Å². The van der Waals surface area contributed by atoms with E-state index in [9.17, 15) is 9.36 Å². The van der Waals surface area contributed by atoms with Crippen molar-refractivity contribution in [1.29, 1.82) is 0 Å². The SMILES string of the molecule is CCOc1nc(N)nc2c1ncn2[C@@H]1O[C@@H]2COP(=O)(N[C@@H](C)COC(=O)C(C)C)O[C@H]2[C@@]1(C)Cl. The Kier molecular flexibility index (Phi) is 7.29. The number of hydrogen-bond donors (Lipinski definition) is 2. The summed E-state index contributed by atoms with van der Waals surface area (Å²) in [5.74, 6) is -0.363. The number of carbonyl (C=O) groups is 1. The number of fused-ring (bicyclic) bond motifs is 2. The lowest BCUT2D eigenvalue weighted by Crippen LogP contribution is -2.46. The van der Waals surface area contributed by atoms with Crippen LogP contribution in [0.2, 0.25) is 0 Å². The summed E-state index contributed by atoms with van der Waals surface area (Å²) in [5, 5.41) is 2.79. The molecule has 35 heavy (non-hydrogen) atoms. The van der Waals surface area contributed by atoms with Crippen LogP contribution in [-0.4, -0.2) is 68.4 Å². The second kappa shape index (κ2) is 9.79. The van der Waals surface area contributed by atoms with Crippen molar-refractivity contribution in [2.24, 2.45) is 5.92 Å². The Morgan fingerprint density at radius 1 is 1.43 bits per heavy atom. The van der Waals surface area contributed by atoms with E-state index >= 15 is 0 Å². The average molecular weight is 533 g/mol. The van der Waals surface area contributed by atoms with E-state index in [-0.39, 0.29) is 36.9 Å². The molecule has 0 aromatic carbocycles. The lowest BCUT2D eigenvalue weighted by Gasteiger charge is -2.36. The number of ether oxygens (including phenoxy) is 3. The summed E-state index contributed by atoms with van der Waals surface area (Å²) in [7, 11) is -3.78. The number of anilines is 1. The minimum Gasteiger partial charge on any atom is -0.476 e. The molecule has 0 radical (unpaired) electrons. The smallest absolute Gasteiger partial charge is 0.406 e. The largest absolute Gasteiger partial charge is 0.476 e. The lowest BCUT2D eigenvalue weighted by molar-refractivity contribution is -0.147. The summed E-state index contributed by atoms with van der Waals surface area (Å²) in [4.78, 5) is 23.3. The van der Waals surface area contributed by atoms with Crippen molar-refractivity contribution in [3.05, 3.63) is 6.33 Å². The van der Waals surface area contributed by atoms with Crippen molar-refractivity contribution < 1.29 is 32.6 Å². The third-order valence-electron chi connectivity index (χ3n) is 5.61. The Morgan fingerprint density at radius 3 is 2.86 bits per heavy atom. The van der Waals surface area contributed by atoms with Gasteiger partial charge < -0.3 is 19.9 Å². The molecule has 4 heterocycles. The molecular weight excluding hydrogens is 503 g/mol. The van der Waals surface area contributed by atoms with Gasteiger partial charge in [0.25, 0.3) is 0 Å². The van der Waals surface area contributed by atoms with E-state index in [4.69, 9.17) is 40.6 Å². The highest BCUT2D eigenvalue weighted by atomic mass is 35.5. The van der Waals surface area contributed by atoms with Crippen molar-refractivity contribution in [2.75, 3.05) is 25.6 Å². The van der Waals surface area contributed by atoms with Crippen LogP contribution in [-0.2, 0) is 27.9 Å². The number of imidazole rings is 1. The fraction of sp³-hybridized carbons (Fsp3) is 0.700. The van der Waals surface area contributed by atoms with E-state index in [2.05, 4.69) is 20.0 Å². The van der Waals surface area contributed by atoms with Gasteiger partial charge in [-0.05, 0) is 20.8 Å². The quantitative estimate of drug-likeness (QED) is 0.290. The first-order valence-electron chi connectivity index (χ1n) is 11.3. The van der Waals surface area contributed by atoms with Crippen LogP contribution >= 0.6 is 19.3 Å². The molecule has 194 valence electrons. The maximum absolute atomic E-state index is 13.3. The number of nitrogen functional groups attached to an aromatic ring is 1. The molecule has 0 aliphatic carbocycles. The molecule has 2 aromatic rings. The Labute approximate surface area is 207 Å². The van der Waals surface area contributed by atoms with Crippen LogP contribution in [0.25, 0.3) is 11.2 Å². The van der Waals surface area contributed by atoms with E-state index in [0.29, 0.717) is 17.8 Å². The molecule has 2 fully saturated rings. The summed E-state index contributed by atoms with van der Waals surface area (Å²) >= 11 is 6.96. The van der Waals surface area contributed by atoms with Crippen molar-refractivity contribution in [3.63, 3.8) is 0 Å². The van der Waals surface area contributed by atoms with Crippen LogP contribution in [0.15, 0.2) is 6.33 Å². The molecule has 2 aliphatic heterocycles. The number of carbonyl (C=O) groups excluding carboxylic acids is 1. The third-order valence-corrected chi connectivity index (χ3v) is 7.76. The third kappa shape index (κ3) is 5.11. The Balaban J connectivity index is 1.53. The van der Waals surface area contributed by atoms with Crippen LogP contribution in [0.1, 0.15) is 40.8 Å². The molecule has 3 N–H and O–H groups in total. The van der Waals surface area contributed by atoms with Crippen molar-refractivity contribution >= 4 is 42.4 Å². The molecule has 13 nitrogen and oxygen atoms in total. The van der Waals surface area contributed by atoms with Crippen LogP contribution in [0.3, 0.4) is 0 Å². The summed E-state index contributed by atoms with van der Waals surface area (Å²) < 4.78 is 43.2. The second-order valence-corrected chi connectivity index (χ2v) is 11.5. The van der Waals surface area contributed by atoms with Crippen molar-refractivity contribution in [1.82, 2.24) is 24.6 Å². The summed E-state index contributed by atoms with van der Waals surface area (Å²) in [6.45, 7) is 9.05. The standard InChI is InChI=1S/C20H30ClN6O7P/c1-6-30-16-13-15(24-19(22)25-16)27(9-23-13)18-20(5,21)14-12(33-18)8-32-35(29,34-14)26-11(4)7-31-17(28)10(2)3/h9-12,14,18H,6-8H2,1-5H3,(H,26,29)(H2,22,24,25)/t11-,12+,14+,18+,20+,35?/m0/s1. The average Bonchev–Trinajstić information content (AvgIpc) is 3.30. The normalized spacial score (nSPS) is 31.5. The van der Waals surface area contributed by atoms with Gasteiger partial charge in [-0.15, -0.1) is 11.6 Å². The van der Waals surface area contributed by atoms with Gasteiger partial charge in [0.2, 0.25) is 11.8 Å². The zero-order valence-electron chi connectivity index (χ0n) is 20.1. The first-order valence-corrected chi connectivity index (χ1v) is 13.2. The van der Waals surface area contributed by atoms with Gasteiger partial charge in [0.05, 0.1) is 25.5 Å². The van der Waals surface area contributed by atoms with Gasteiger partial charge >= 0.3 is 13.7 Å². The highest BCUT2D eigenvalue weighted by Gasteiger charge is 2.60. The zero-order chi connectivity index (χ0) is 25.5. The van der Waals surface area contributed by atoms with Crippen LogP contribution in [0.4, 0.5) is 5.95 Å². The highest BCUT2D eigenvalue weighted by Crippen LogP contribution is 2.57. The molecule has 15 heteroatoms. The van der Waals surface area contributed by atoms with Gasteiger partial charge in [0.1, 0.15) is 23.7 Å². The summed E-state index contributed by atoms with van der Waals surface area (Å²) in [5.41, 5.74) is 6.65. The van der Waals surface area contributed by atoms with Crippen LogP contribution in [0, 0.1) is 5.92 Å². The molecule has 1 unspecified atom stereocenters. The maximum Gasteiger partial charge on any atom is 0.406 e. The number of rotatable bonds is 8. The number of nitrogens with zero attached hydrogens (tertiary/aromatic N) is 4. The van der Waals surface area contributed by atoms with Crippen molar-refractivity contribution in [2.45, 2.75) is 64.0 Å². The number of aromatic nitrogens is 4. The first-order chi connectivity index (χ1) is 16.4. The highest BCUT2D eigenvalue weighted by molar-refractivity contribution is 7.51. The van der Waals surface area contributed by atoms with E-state index in [1.807, 2.05) is 6.92 Å². The minimum absolute atomic E-state index is 0.00338. The molecule has 6 atom stereocenters. The van der Waals surface area contributed by atoms with Crippen LogP contribution < -0.4 is 15.6 Å². The van der Waals surface area contributed by atoms with Gasteiger partial charge in [-0.2, -0.15) is 9.97 Å². The summed E-state index contributed by atoms with van der Waals surface area (Å²) in [6.07, 6.45) is -0.695. The number of nitrogens with one attached hydrogen (secondary N) is 1. The molecular formula is C20H30ClN6O7P. The predicted octanol–water partition coefficient (Wildman–Crippen LogP) is 2.40. The van der Waals surface area contributed by atoms with Crippen LogP contribution in [0.5, 0.6) is 5.88 Å². The molecule has 0 amide bonds. The molecule has 0 spiro atoms.